The zero-order chi connectivity index (χ0) is 18.0. The Kier molecular flexibility index (Phi) is 4.81. The molecular formula is C21H22ClN3O. The van der Waals surface area contributed by atoms with Crippen LogP contribution in [0.25, 0.3) is 0 Å². The second kappa shape index (κ2) is 7.23. The van der Waals surface area contributed by atoms with Gasteiger partial charge >= 0.3 is 0 Å². The Morgan fingerprint density at radius 3 is 2.38 bits per heavy atom. The maximum absolute atomic E-state index is 9.87. The van der Waals surface area contributed by atoms with Crippen molar-refractivity contribution in [3.05, 3.63) is 88.7 Å². The van der Waals surface area contributed by atoms with Gasteiger partial charge < -0.3 is 5.11 Å². The van der Waals surface area contributed by atoms with Crippen LogP contribution in [0.5, 0.6) is 0 Å². The minimum absolute atomic E-state index is 0.109. The van der Waals surface area contributed by atoms with Gasteiger partial charge in [-0.05, 0) is 41.3 Å². The Hall–Kier alpha value is -2.14. The summed E-state index contributed by atoms with van der Waals surface area (Å²) in [4.78, 5) is 2.36. The van der Waals surface area contributed by atoms with Crippen molar-refractivity contribution in [1.82, 2.24) is 14.7 Å². The topological polar surface area (TPSA) is 41.3 Å². The lowest BCUT2D eigenvalue weighted by molar-refractivity contribution is -0.0425. The fraction of sp³-hybridized carbons (Fsp3) is 0.286. The highest BCUT2D eigenvalue weighted by atomic mass is 35.5. The Bertz CT molecular complexity index is 855. The van der Waals surface area contributed by atoms with Crippen LogP contribution in [0.15, 0.2) is 67.0 Å². The number of hydrogen-bond acceptors (Lipinski definition) is 3. The minimum atomic E-state index is -0.283. The van der Waals surface area contributed by atoms with Gasteiger partial charge in [0.15, 0.2) is 0 Å². The summed E-state index contributed by atoms with van der Waals surface area (Å²) >= 11 is 5.99. The first kappa shape index (κ1) is 17.3. The van der Waals surface area contributed by atoms with Crippen LogP contribution in [0.2, 0.25) is 5.02 Å². The van der Waals surface area contributed by atoms with Crippen LogP contribution < -0.4 is 0 Å². The molecular weight excluding hydrogens is 346 g/mol. The molecule has 26 heavy (non-hydrogen) atoms. The van der Waals surface area contributed by atoms with Gasteiger partial charge in [-0.25, -0.2) is 0 Å². The second-order valence-corrected chi connectivity index (χ2v) is 7.49. The summed E-state index contributed by atoms with van der Waals surface area (Å²) in [6, 6.07) is 18.5. The largest absolute Gasteiger partial charge is 0.394 e. The highest BCUT2D eigenvalue weighted by Crippen LogP contribution is 2.30. The van der Waals surface area contributed by atoms with E-state index in [1.165, 1.54) is 16.7 Å². The van der Waals surface area contributed by atoms with Crippen LogP contribution in [0.3, 0.4) is 0 Å². The number of benzene rings is 2. The van der Waals surface area contributed by atoms with Crippen molar-refractivity contribution in [2.75, 3.05) is 19.7 Å². The molecule has 1 aliphatic rings. The third-order valence-corrected chi connectivity index (χ3v) is 5.39. The molecule has 1 N–H and O–H groups in total. The molecule has 1 aromatic heterocycles. The van der Waals surface area contributed by atoms with E-state index in [1.54, 1.807) is 6.20 Å². The highest BCUT2D eigenvalue weighted by Gasteiger charge is 2.44. The van der Waals surface area contributed by atoms with E-state index < -0.39 is 0 Å². The van der Waals surface area contributed by atoms with Gasteiger partial charge in [-0.1, -0.05) is 48.0 Å². The van der Waals surface area contributed by atoms with Crippen molar-refractivity contribution in [3.8, 4) is 0 Å². The van der Waals surface area contributed by atoms with Crippen LogP contribution in [0.1, 0.15) is 16.7 Å². The van der Waals surface area contributed by atoms with E-state index in [-0.39, 0.29) is 12.1 Å². The average molecular weight is 368 g/mol. The molecule has 134 valence electrons. The number of aliphatic hydroxyl groups excluding tert-OH is 1. The monoisotopic (exact) mass is 367 g/mol. The van der Waals surface area contributed by atoms with Crippen molar-refractivity contribution in [2.24, 2.45) is 0 Å². The summed E-state index contributed by atoms with van der Waals surface area (Å²) in [7, 11) is 0. The van der Waals surface area contributed by atoms with Crippen molar-refractivity contribution >= 4 is 11.6 Å². The van der Waals surface area contributed by atoms with Gasteiger partial charge in [0.1, 0.15) is 5.54 Å². The lowest BCUT2D eigenvalue weighted by Gasteiger charge is -2.49. The lowest BCUT2D eigenvalue weighted by atomic mass is 9.89. The molecule has 1 aliphatic heterocycles. The van der Waals surface area contributed by atoms with Gasteiger partial charge in [0, 0.05) is 37.1 Å². The molecule has 0 amide bonds. The summed E-state index contributed by atoms with van der Waals surface area (Å²) in [5, 5.41) is 15.0. The van der Waals surface area contributed by atoms with Crippen molar-refractivity contribution < 1.29 is 5.11 Å². The third-order valence-electron chi connectivity index (χ3n) is 5.14. The first-order valence-corrected chi connectivity index (χ1v) is 9.21. The SMILES string of the molecule is OCC1(n2cccn2)CN(Cc2ccccc2Cc2ccc(Cl)cc2)C1. The van der Waals surface area contributed by atoms with Gasteiger partial charge in [0.05, 0.1) is 6.61 Å². The van der Waals surface area contributed by atoms with Gasteiger partial charge in [0.2, 0.25) is 0 Å². The molecule has 4 rings (SSSR count). The lowest BCUT2D eigenvalue weighted by Crippen LogP contribution is -2.64. The zero-order valence-electron chi connectivity index (χ0n) is 14.6. The summed E-state index contributed by atoms with van der Waals surface area (Å²) < 4.78 is 1.89. The van der Waals surface area contributed by atoms with Crippen molar-refractivity contribution in [3.63, 3.8) is 0 Å². The number of hydrogen-bond donors (Lipinski definition) is 1. The van der Waals surface area contributed by atoms with E-state index in [2.05, 4.69) is 46.4 Å². The van der Waals surface area contributed by atoms with E-state index in [0.717, 1.165) is 31.1 Å². The first-order valence-electron chi connectivity index (χ1n) is 8.83. The molecule has 1 fully saturated rings. The molecule has 3 aromatic rings. The van der Waals surface area contributed by atoms with Crippen LogP contribution >= 0.6 is 11.6 Å². The molecule has 0 bridgehead atoms. The summed E-state index contributed by atoms with van der Waals surface area (Å²) in [6.07, 6.45) is 4.59. The summed E-state index contributed by atoms with van der Waals surface area (Å²) in [5.41, 5.74) is 3.63. The maximum Gasteiger partial charge on any atom is 0.111 e. The molecule has 1 saturated heterocycles. The van der Waals surface area contributed by atoms with E-state index in [9.17, 15) is 5.11 Å². The van der Waals surface area contributed by atoms with Gasteiger partial charge in [-0.2, -0.15) is 5.10 Å². The quantitative estimate of drug-likeness (QED) is 0.726. The van der Waals surface area contributed by atoms with E-state index in [0.29, 0.717) is 0 Å². The fourth-order valence-corrected chi connectivity index (χ4v) is 3.84. The number of likely N-dealkylation sites (tertiary alicyclic amines) is 1. The number of halogens is 1. The molecule has 2 aromatic carbocycles. The predicted molar refractivity (Wildman–Crippen MR) is 103 cm³/mol. The van der Waals surface area contributed by atoms with E-state index in [4.69, 9.17) is 11.6 Å². The van der Waals surface area contributed by atoms with Gasteiger partial charge in [0.25, 0.3) is 0 Å². The fourth-order valence-electron chi connectivity index (χ4n) is 3.71. The van der Waals surface area contributed by atoms with E-state index in [1.807, 2.05) is 29.1 Å². The molecule has 0 atom stereocenters. The second-order valence-electron chi connectivity index (χ2n) is 7.05. The first-order chi connectivity index (χ1) is 12.7. The molecule has 5 heteroatoms. The highest BCUT2D eigenvalue weighted by molar-refractivity contribution is 6.30. The number of rotatable bonds is 6. The number of aliphatic hydroxyl groups is 1. The van der Waals surface area contributed by atoms with Crippen molar-refractivity contribution in [1.29, 1.82) is 0 Å². The van der Waals surface area contributed by atoms with Crippen LogP contribution in [0, 0.1) is 0 Å². The molecule has 0 radical (unpaired) electrons. The number of aromatic nitrogens is 2. The molecule has 0 aliphatic carbocycles. The van der Waals surface area contributed by atoms with Gasteiger partial charge in [-0.3, -0.25) is 9.58 Å². The molecule has 2 heterocycles. The molecule has 0 saturated carbocycles. The maximum atomic E-state index is 9.87. The standard InChI is InChI=1S/C21H22ClN3O/c22-20-8-6-17(7-9-20)12-18-4-1-2-5-19(18)13-24-14-21(15-24,16-26)25-11-3-10-23-25/h1-11,26H,12-16H2. The Morgan fingerprint density at radius 1 is 1.00 bits per heavy atom. The molecule has 4 nitrogen and oxygen atoms in total. The summed E-state index contributed by atoms with van der Waals surface area (Å²) in [6.45, 7) is 2.60. The minimum Gasteiger partial charge on any atom is -0.394 e. The molecule has 0 unspecified atom stereocenters. The smallest absolute Gasteiger partial charge is 0.111 e. The Balaban J connectivity index is 1.46. The van der Waals surface area contributed by atoms with Crippen molar-refractivity contribution in [2.45, 2.75) is 18.5 Å². The van der Waals surface area contributed by atoms with Crippen LogP contribution in [0.4, 0.5) is 0 Å². The normalized spacial score (nSPS) is 16.4. The van der Waals surface area contributed by atoms with E-state index >= 15 is 0 Å². The number of nitrogens with zero attached hydrogens (tertiary/aromatic N) is 3. The van der Waals surface area contributed by atoms with Gasteiger partial charge in [-0.15, -0.1) is 0 Å². The van der Waals surface area contributed by atoms with Crippen LogP contribution in [-0.4, -0.2) is 39.5 Å². The van der Waals surface area contributed by atoms with Crippen LogP contribution in [-0.2, 0) is 18.5 Å². The Morgan fingerprint density at radius 2 is 1.73 bits per heavy atom. The average Bonchev–Trinajstić information content (AvgIpc) is 3.16. The third kappa shape index (κ3) is 3.40. The molecule has 0 spiro atoms. The predicted octanol–water partition coefficient (Wildman–Crippen LogP) is 3.33. The Labute approximate surface area is 158 Å². The summed E-state index contributed by atoms with van der Waals surface area (Å²) in [5.74, 6) is 0. The zero-order valence-corrected chi connectivity index (χ0v) is 15.3.